The molecule has 1 atom stereocenters. The second-order valence-corrected chi connectivity index (χ2v) is 8.32. The molecule has 2 aliphatic heterocycles. The number of aromatic nitrogens is 4. The van der Waals surface area contributed by atoms with Gasteiger partial charge in [-0.15, -0.1) is 0 Å². The first-order valence-corrected chi connectivity index (χ1v) is 10.7. The second kappa shape index (κ2) is 8.90. The average Bonchev–Trinajstić information content (AvgIpc) is 3.40. The van der Waals surface area contributed by atoms with Crippen LogP contribution < -0.4 is 9.80 Å². The quantitative estimate of drug-likeness (QED) is 0.733. The SMILES string of the molecule is CN(C)CCCn1ccnc1[C@@H]1CCCN(c2nccnc2N2CCCC2)C1. The maximum absolute atomic E-state index is 4.74. The molecule has 0 spiro atoms. The van der Waals surface area contributed by atoms with Crippen LogP contribution in [0.15, 0.2) is 24.8 Å². The van der Waals surface area contributed by atoms with Gasteiger partial charge in [0.2, 0.25) is 0 Å². The average molecular weight is 384 g/mol. The van der Waals surface area contributed by atoms with Crippen molar-refractivity contribution in [3.8, 4) is 0 Å². The van der Waals surface area contributed by atoms with Crippen molar-refractivity contribution in [1.82, 2.24) is 24.4 Å². The van der Waals surface area contributed by atoms with Crippen molar-refractivity contribution in [1.29, 1.82) is 0 Å². The molecule has 0 bridgehead atoms. The second-order valence-electron chi connectivity index (χ2n) is 8.32. The lowest BCUT2D eigenvalue weighted by molar-refractivity contribution is 0.380. The van der Waals surface area contributed by atoms with E-state index in [1.54, 1.807) is 0 Å². The summed E-state index contributed by atoms with van der Waals surface area (Å²) in [5.41, 5.74) is 0. The number of hydrogen-bond acceptors (Lipinski definition) is 6. The molecule has 2 saturated heterocycles. The Labute approximate surface area is 168 Å². The van der Waals surface area contributed by atoms with Crippen LogP contribution >= 0.6 is 0 Å². The van der Waals surface area contributed by atoms with E-state index in [1.165, 1.54) is 31.5 Å². The van der Waals surface area contributed by atoms with E-state index in [-0.39, 0.29) is 0 Å². The van der Waals surface area contributed by atoms with Crippen LogP contribution in [-0.2, 0) is 6.54 Å². The summed E-state index contributed by atoms with van der Waals surface area (Å²) in [6.07, 6.45) is 13.8. The molecule has 2 fully saturated rings. The Morgan fingerprint density at radius 3 is 2.39 bits per heavy atom. The topological polar surface area (TPSA) is 53.3 Å². The molecular formula is C21H33N7. The summed E-state index contributed by atoms with van der Waals surface area (Å²) in [6, 6.07) is 0. The molecule has 0 saturated carbocycles. The third-order valence-corrected chi connectivity index (χ3v) is 5.90. The number of rotatable bonds is 7. The van der Waals surface area contributed by atoms with Gasteiger partial charge in [-0.2, -0.15) is 0 Å². The fourth-order valence-electron chi connectivity index (χ4n) is 4.51. The van der Waals surface area contributed by atoms with Crippen LogP contribution in [-0.4, -0.2) is 71.2 Å². The Bertz CT molecular complexity index is 751. The Kier molecular flexibility index (Phi) is 6.10. The largest absolute Gasteiger partial charge is 0.354 e. The molecule has 4 heterocycles. The Hall–Kier alpha value is -2.15. The molecule has 0 aromatic carbocycles. The summed E-state index contributed by atoms with van der Waals surface area (Å²) in [5, 5.41) is 0. The van der Waals surface area contributed by atoms with Crippen molar-refractivity contribution in [3.05, 3.63) is 30.6 Å². The summed E-state index contributed by atoms with van der Waals surface area (Å²) >= 11 is 0. The predicted octanol–water partition coefficient (Wildman–Crippen LogP) is 2.61. The molecule has 0 N–H and O–H groups in total. The maximum atomic E-state index is 4.74. The first kappa shape index (κ1) is 19.2. The van der Waals surface area contributed by atoms with Gasteiger partial charge in [0, 0.05) is 63.4 Å². The zero-order chi connectivity index (χ0) is 19.3. The zero-order valence-corrected chi connectivity index (χ0v) is 17.3. The van der Waals surface area contributed by atoms with E-state index in [2.05, 4.69) is 39.6 Å². The Morgan fingerprint density at radius 1 is 0.929 bits per heavy atom. The third kappa shape index (κ3) is 4.29. The highest BCUT2D eigenvalue weighted by molar-refractivity contribution is 5.63. The summed E-state index contributed by atoms with van der Waals surface area (Å²) in [5.74, 6) is 3.81. The van der Waals surface area contributed by atoms with Crippen molar-refractivity contribution in [2.75, 3.05) is 56.6 Å². The van der Waals surface area contributed by atoms with Crippen molar-refractivity contribution < 1.29 is 0 Å². The first-order valence-electron chi connectivity index (χ1n) is 10.7. The molecule has 0 aliphatic carbocycles. The standard InChI is InChI=1S/C21H33N7/c1-25(2)11-6-15-27-16-10-24-19(27)18-7-5-14-28(17-18)21-20(22-8-9-23-21)26-12-3-4-13-26/h8-10,16,18H,3-7,11-15,17H2,1-2H3/t18-/m1/s1. The predicted molar refractivity (Wildman–Crippen MR) is 113 cm³/mol. The zero-order valence-electron chi connectivity index (χ0n) is 17.3. The molecule has 2 aliphatic rings. The highest BCUT2D eigenvalue weighted by Gasteiger charge is 2.28. The van der Waals surface area contributed by atoms with E-state index in [9.17, 15) is 0 Å². The minimum atomic E-state index is 0.455. The van der Waals surface area contributed by atoms with Crippen LogP contribution in [0.3, 0.4) is 0 Å². The van der Waals surface area contributed by atoms with Crippen molar-refractivity contribution in [3.63, 3.8) is 0 Å². The van der Waals surface area contributed by atoms with Crippen LogP contribution in [0.25, 0.3) is 0 Å². The number of anilines is 2. The van der Waals surface area contributed by atoms with Gasteiger partial charge in [0.05, 0.1) is 0 Å². The molecule has 28 heavy (non-hydrogen) atoms. The van der Waals surface area contributed by atoms with Crippen molar-refractivity contribution >= 4 is 11.6 Å². The molecule has 2 aromatic rings. The fourth-order valence-corrected chi connectivity index (χ4v) is 4.51. The minimum absolute atomic E-state index is 0.455. The normalized spacial score (nSPS) is 20.3. The first-order chi connectivity index (χ1) is 13.7. The van der Waals surface area contributed by atoms with Gasteiger partial charge in [0.25, 0.3) is 0 Å². The fraction of sp³-hybridized carbons (Fsp3) is 0.667. The molecule has 2 aromatic heterocycles. The molecule has 0 amide bonds. The van der Waals surface area contributed by atoms with Crippen LogP contribution in [0.5, 0.6) is 0 Å². The van der Waals surface area contributed by atoms with Gasteiger partial charge >= 0.3 is 0 Å². The van der Waals surface area contributed by atoms with Gasteiger partial charge in [0.15, 0.2) is 11.6 Å². The van der Waals surface area contributed by atoms with E-state index < -0.39 is 0 Å². The number of piperidine rings is 1. The van der Waals surface area contributed by atoms with E-state index >= 15 is 0 Å². The van der Waals surface area contributed by atoms with Gasteiger partial charge in [-0.25, -0.2) is 15.0 Å². The summed E-state index contributed by atoms with van der Waals surface area (Å²) < 4.78 is 2.36. The number of imidazole rings is 1. The van der Waals surface area contributed by atoms with Crippen LogP contribution in [0, 0.1) is 0 Å². The number of aryl methyl sites for hydroxylation is 1. The smallest absolute Gasteiger partial charge is 0.172 e. The van der Waals surface area contributed by atoms with Crippen molar-refractivity contribution in [2.45, 2.75) is 44.6 Å². The molecule has 7 nitrogen and oxygen atoms in total. The van der Waals surface area contributed by atoms with Gasteiger partial charge in [-0.1, -0.05) is 0 Å². The lowest BCUT2D eigenvalue weighted by Gasteiger charge is -2.35. The Balaban J connectivity index is 1.48. The van der Waals surface area contributed by atoms with E-state index in [1.807, 2.05) is 18.6 Å². The molecule has 4 rings (SSSR count). The van der Waals surface area contributed by atoms with E-state index in [0.29, 0.717) is 5.92 Å². The maximum Gasteiger partial charge on any atom is 0.172 e. The van der Waals surface area contributed by atoms with Gasteiger partial charge in [-0.3, -0.25) is 0 Å². The highest BCUT2D eigenvalue weighted by atomic mass is 15.3. The molecular weight excluding hydrogens is 350 g/mol. The number of hydrogen-bond donors (Lipinski definition) is 0. The Morgan fingerprint density at radius 2 is 1.64 bits per heavy atom. The molecule has 152 valence electrons. The summed E-state index contributed by atoms with van der Waals surface area (Å²) in [6.45, 7) is 6.36. The monoisotopic (exact) mass is 383 g/mol. The molecule has 0 radical (unpaired) electrons. The van der Waals surface area contributed by atoms with E-state index in [0.717, 1.165) is 57.3 Å². The molecule has 7 heteroatoms. The number of nitrogens with zero attached hydrogens (tertiary/aromatic N) is 7. The molecule has 0 unspecified atom stereocenters. The van der Waals surface area contributed by atoms with Gasteiger partial charge < -0.3 is 19.3 Å². The van der Waals surface area contributed by atoms with Crippen LogP contribution in [0.2, 0.25) is 0 Å². The highest BCUT2D eigenvalue weighted by Crippen LogP contribution is 2.33. The van der Waals surface area contributed by atoms with Crippen LogP contribution in [0.1, 0.15) is 43.8 Å². The van der Waals surface area contributed by atoms with Gasteiger partial charge in [0.1, 0.15) is 5.82 Å². The minimum Gasteiger partial charge on any atom is -0.354 e. The van der Waals surface area contributed by atoms with Crippen molar-refractivity contribution in [2.24, 2.45) is 0 Å². The summed E-state index contributed by atoms with van der Waals surface area (Å²) in [4.78, 5) is 21.3. The van der Waals surface area contributed by atoms with E-state index in [4.69, 9.17) is 15.0 Å². The van der Waals surface area contributed by atoms with Crippen LogP contribution in [0.4, 0.5) is 11.6 Å². The summed E-state index contributed by atoms with van der Waals surface area (Å²) in [7, 11) is 4.26. The lowest BCUT2D eigenvalue weighted by Crippen LogP contribution is -2.37. The third-order valence-electron chi connectivity index (χ3n) is 5.90. The van der Waals surface area contributed by atoms with Gasteiger partial charge in [-0.05, 0) is 52.7 Å². The lowest BCUT2D eigenvalue weighted by atomic mass is 9.97.